The fourth-order valence-electron chi connectivity index (χ4n) is 2.87. The topological polar surface area (TPSA) is 37.8 Å². The van der Waals surface area contributed by atoms with E-state index < -0.39 is 0 Å². The van der Waals surface area contributed by atoms with E-state index in [2.05, 4.69) is 29.4 Å². The van der Waals surface area contributed by atoms with Gasteiger partial charge in [0.1, 0.15) is 10.0 Å². The highest BCUT2D eigenvalue weighted by molar-refractivity contribution is 7.11. The largest absolute Gasteiger partial charge is 0.316 e. The van der Waals surface area contributed by atoms with Gasteiger partial charge in [-0.25, -0.2) is 0 Å². The minimum absolute atomic E-state index is 0.735. The van der Waals surface area contributed by atoms with Crippen molar-refractivity contribution in [2.45, 2.75) is 65.2 Å². The zero-order valence-corrected chi connectivity index (χ0v) is 13.8. The maximum atomic E-state index is 4.39. The van der Waals surface area contributed by atoms with Gasteiger partial charge in [0.15, 0.2) is 0 Å². The summed E-state index contributed by atoms with van der Waals surface area (Å²) in [5.74, 6) is 1.61. The van der Waals surface area contributed by atoms with Crippen LogP contribution in [0.15, 0.2) is 0 Å². The monoisotopic (exact) mass is 295 g/mol. The Morgan fingerprint density at radius 3 is 2.65 bits per heavy atom. The lowest BCUT2D eigenvalue weighted by molar-refractivity contribution is 0.356. The summed E-state index contributed by atoms with van der Waals surface area (Å²) in [6, 6.07) is 0. The highest BCUT2D eigenvalue weighted by Crippen LogP contribution is 2.27. The minimum atomic E-state index is 0.735. The molecule has 0 amide bonds. The van der Waals surface area contributed by atoms with Crippen LogP contribution in [0.3, 0.4) is 0 Å². The van der Waals surface area contributed by atoms with Gasteiger partial charge in [0.05, 0.1) is 0 Å². The van der Waals surface area contributed by atoms with Crippen LogP contribution in [0.5, 0.6) is 0 Å². The van der Waals surface area contributed by atoms with Crippen molar-refractivity contribution in [3.63, 3.8) is 0 Å². The molecule has 114 valence electrons. The molecule has 0 spiro atoms. The van der Waals surface area contributed by atoms with Gasteiger partial charge in [-0.3, -0.25) is 0 Å². The number of hydrogen-bond acceptors (Lipinski definition) is 4. The van der Waals surface area contributed by atoms with Gasteiger partial charge in [-0.15, -0.1) is 21.5 Å². The molecule has 1 fully saturated rings. The normalized spacial score (nSPS) is 16.9. The summed E-state index contributed by atoms with van der Waals surface area (Å²) >= 11 is 1.84. The Labute approximate surface area is 127 Å². The Morgan fingerprint density at radius 2 is 1.90 bits per heavy atom. The molecule has 1 aromatic heterocycles. The molecule has 0 atom stereocenters. The molecule has 1 aliphatic rings. The lowest BCUT2D eigenvalue weighted by atomic mass is 9.87. The number of aryl methyl sites for hydroxylation is 1. The lowest BCUT2D eigenvalue weighted by Crippen LogP contribution is -2.21. The molecule has 1 aliphatic carbocycles. The molecule has 0 aliphatic heterocycles. The second kappa shape index (κ2) is 8.73. The van der Waals surface area contributed by atoms with Crippen LogP contribution >= 0.6 is 11.3 Å². The molecule has 2 rings (SSSR count). The highest BCUT2D eigenvalue weighted by Gasteiger charge is 2.16. The Kier molecular flexibility index (Phi) is 6.94. The van der Waals surface area contributed by atoms with Crippen LogP contribution in [0.1, 0.15) is 62.4 Å². The van der Waals surface area contributed by atoms with E-state index >= 15 is 0 Å². The molecule has 0 radical (unpaired) electrons. The van der Waals surface area contributed by atoms with Crippen molar-refractivity contribution in [2.24, 2.45) is 11.8 Å². The predicted octanol–water partition coefficient (Wildman–Crippen LogP) is 3.84. The Morgan fingerprint density at radius 1 is 1.15 bits per heavy atom. The first-order chi connectivity index (χ1) is 9.74. The molecule has 0 saturated heterocycles. The van der Waals surface area contributed by atoms with Crippen molar-refractivity contribution in [3.8, 4) is 0 Å². The van der Waals surface area contributed by atoms with E-state index in [1.807, 2.05) is 11.3 Å². The van der Waals surface area contributed by atoms with Gasteiger partial charge < -0.3 is 5.32 Å². The molecule has 4 heteroatoms. The van der Waals surface area contributed by atoms with Crippen molar-refractivity contribution >= 4 is 11.3 Å². The Hall–Kier alpha value is -0.480. The van der Waals surface area contributed by atoms with Crippen LogP contribution < -0.4 is 5.32 Å². The second-order valence-electron chi connectivity index (χ2n) is 6.50. The van der Waals surface area contributed by atoms with Gasteiger partial charge >= 0.3 is 0 Å². The first-order valence-corrected chi connectivity index (χ1v) is 9.07. The van der Waals surface area contributed by atoms with E-state index in [0.717, 1.165) is 31.3 Å². The number of rotatable bonds is 8. The van der Waals surface area contributed by atoms with E-state index in [9.17, 15) is 0 Å². The summed E-state index contributed by atoms with van der Waals surface area (Å²) < 4.78 is 0. The third-order valence-electron chi connectivity index (χ3n) is 3.99. The van der Waals surface area contributed by atoms with E-state index in [1.165, 1.54) is 55.0 Å². The van der Waals surface area contributed by atoms with E-state index in [0.29, 0.717) is 0 Å². The van der Waals surface area contributed by atoms with Crippen LogP contribution in [0, 0.1) is 11.8 Å². The van der Waals surface area contributed by atoms with Gasteiger partial charge in [0.25, 0.3) is 0 Å². The third kappa shape index (κ3) is 5.88. The first-order valence-electron chi connectivity index (χ1n) is 8.26. The molecule has 0 unspecified atom stereocenters. The molecule has 1 N–H and O–H groups in total. The molecule has 1 heterocycles. The highest BCUT2D eigenvalue weighted by atomic mass is 32.1. The number of aromatic nitrogens is 2. The molecule has 0 aromatic carbocycles. The second-order valence-corrected chi connectivity index (χ2v) is 7.65. The number of nitrogens with zero attached hydrogens (tertiary/aromatic N) is 2. The van der Waals surface area contributed by atoms with Gasteiger partial charge in [-0.1, -0.05) is 46.0 Å². The molecule has 1 saturated carbocycles. The van der Waals surface area contributed by atoms with Crippen LogP contribution in [-0.4, -0.2) is 23.3 Å². The summed E-state index contributed by atoms with van der Waals surface area (Å²) in [4.78, 5) is 0. The molecular formula is C16H29N3S. The quantitative estimate of drug-likeness (QED) is 0.740. The average molecular weight is 295 g/mol. The summed E-state index contributed by atoms with van der Waals surface area (Å²) in [6.45, 7) is 6.70. The van der Waals surface area contributed by atoms with Crippen molar-refractivity contribution in [2.75, 3.05) is 13.1 Å². The molecule has 20 heavy (non-hydrogen) atoms. The predicted molar refractivity (Wildman–Crippen MR) is 86.2 cm³/mol. The summed E-state index contributed by atoms with van der Waals surface area (Å²) in [7, 11) is 0. The van der Waals surface area contributed by atoms with E-state index in [1.54, 1.807) is 0 Å². The third-order valence-corrected chi connectivity index (χ3v) is 5.00. The average Bonchev–Trinajstić information content (AvgIpc) is 2.87. The fourth-order valence-corrected chi connectivity index (χ4v) is 3.87. The maximum absolute atomic E-state index is 4.39. The molecule has 1 aromatic rings. The standard InChI is InChI=1S/C16H29N3S/c1-13(2)12-17-10-6-9-15-18-19-16(20-15)11-14-7-4-3-5-8-14/h13-14,17H,3-12H2,1-2H3. The SMILES string of the molecule is CC(C)CNCCCc1nnc(CC2CCCCC2)s1. The maximum Gasteiger partial charge on any atom is 0.117 e. The fraction of sp³-hybridized carbons (Fsp3) is 0.875. The van der Waals surface area contributed by atoms with Crippen molar-refractivity contribution in [1.29, 1.82) is 0 Å². The smallest absolute Gasteiger partial charge is 0.117 e. The molecule has 3 nitrogen and oxygen atoms in total. The van der Waals surface area contributed by atoms with E-state index in [-0.39, 0.29) is 0 Å². The number of nitrogens with one attached hydrogen (secondary N) is 1. The summed E-state index contributed by atoms with van der Waals surface area (Å²) in [5.41, 5.74) is 0. The van der Waals surface area contributed by atoms with E-state index in [4.69, 9.17) is 0 Å². The first kappa shape index (κ1) is 15.9. The van der Waals surface area contributed by atoms with Crippen LogP contribution in [0.25, 0.3) is 0 Å². The van der Waals surface area contributed by atoms with Gasteiger partial charge in [0, 0.05) is 12.8 Å². The van der Waals surface area contributed by atoms with Crippen LogP contribution in [0.4, 0.5) is 0 Å². The van der Waals surface area contributed by atoms with Gasteiger partial charge in [-0.2, -0.15) is 0 Å². The van der Waals surface area contributed by atoms with Crippen LogP contribution in [-0.2, 0) is 12.8 Å². The van der Waals surface area contributed by atoms with Crippen molar-refractivity contribution < 1.29 is 0 Å². The molecule has 0 bridgehead atoms. The minimum Gasteiger partial charge on any atom is -0.316 e. The zero-order valence-electron chi connectivity index (χ0n) is 13.0. The molecular weight excluding hydrogens is 266 g/mol. The van der Waals surface area contributed by atoms with Crippen molar-refractivity contribution in [3.05, 3.63) is 10.0 Å². The lowest BCUT2D eigenvalue weighted by Gasteiger charge is -2.19. The summed E-state index contributed by atoms with van der Waals surface area (Å²) in [6.07, 6.45) is 10.5. The number of hydrogen-bond donors (Lipinski definition) is 1. The summed E-state index contributed by atoms with van der Waals surface area (Å²) in [5, 5.41) is 14.7. The van der Waals surface area contributed by atoms with Gasteiger partial charge in [-0.05, 0) is 31.3 Å². The zero-order chi connectivity index (χ0) is 14.2. The van der Waals surface area contributed by atoms with Crippen molar-refractivity contribution in [1.82, 2.24) is 15.5 Å². The Balaban J connectivity index is 1.64. The van der Waals surface area contributed by atoms with Gasteiger partial charge in [0.2, 0.25) is 0 Å². The Bertz CT molecular complexity index is 370. The van der Waals surface area contributed by atoms with Crippen LogP contribution in [0.2, 0.25) is 0 Å².